The second kappa shape index (κ2) is 6.46. The SMILES string of the molecule is CCO.Cc1ccc(C2=CC(O)CC2)cc1. The highest BCUT2D eigenvalue weighted by atomic mass is 16.3. The molecule has 1 aliphatic rings. The number of rotatable bonds is 1. The van der Waals surface area contributed by atoms with E-state index in [9.17, 15) is 5.11 Å². The number of aliphatic hydroxyl groups is 2. The highest BCUT2D eigenvalue weighted by molar-refractivity contribution is 5.68. The topological polar surface area (TPSA) is 40.5 Å². The lowest BCUT2D eigenvalue weighted by Crippen LogP contribution is -1.93. The van der Waals surface area contributed by atoms with Crippen LogP contribution >= 0.6 is 0 Å². The quantitative estimate of drug-likeness (QED) is 0.763. The second-order valence-corrected chi connectivity index (χ2v) is 3.98. The molecule has 0 heterocycles. The summed E-state index contributed by atoms with van der Waals surface area (Å²) < 4.78 is 0. The zero-order chi connectivity index (χ0) is 12.0. The smallest absolute Gasteiger partial charge is 0.0730 e. The summed E-state index contributed by atoms with van der Waals surface area (Å²) in [5.74, 6) is 0. The fourth-order valence-corrected chi connectivity index (χ4v) is 1.71. The van der Waals surface area contributed by atoms with Gasteiger partial charge in [-0.25, -0.2) is 0 Å². The first-order valence-corrected chi connectivity index (χ1v) is 5.74. The molecule has 0 fully saturated rings. The van der Waals surface area contributed by atoms with Crippen LogP contribution in [0.25, 0.3) is 5.57 Å². The van der Waals surface area contributed by atoms with E-state index in [1.807, 2.05) is 6.08 Å². The lowest BCUT2D eigenvalue weighted by molar-refractivity contribution is 0.223. The molecule has 0 bridgehead atoms. The Labute approximate surface area is 97.2 Å². The van der Waals surface area contributed by atoms with Gasteiger partial charge in [0.2, 0.25) is 0 Å². The molecule has 0 amide bonds. The Kier molecular flexibility index (Phi) is 5.23. The summed E-state index contributed by atoms with van der Waals surface area (Å²) in [4.78, 5) is 0. The van der Waals surface area contributed by atoms with Crippen LogP contribution in [0.4, 0.5) is 0 Å². The molecule has 0 saturated carbocycles. The zero-order valence-electron chi connectivity index (χ0n) is 9.98. The van der Waals surface area contributed by atoms with Gasteiger partial charge >= 0.3 is 0 Å². The van der Waals surface area contributed by atoms with Gasteiger partial charge in [-0.05, 0) is 37.8 Å². The van der Waals surface area contributed by atoms with Crippen LogP contribution in [0.5, 0.6) is 0 Å². The van der Waals surface area contributed by atoms with Crippen molar-refractivity contribution >= 4 is 5.57 Å². The van der Waals surface area contributed by atoms with Crippen molar-refractivity contribution in [1.82, 2.24) is 0 Å². The summed E-state index contributed by atoms with van der Waals surface area (Å²) in [5, 5.41) is 16.9. The van der Waals surface area contributed by atoms with Gasteiger partial charge in [0.15, 0.2) is 0 Å². The van der Waals surface area contributed by atoms with Crippen molar-refractivity contribution in [2.45, 2.75) is 32.8 Å². The lowest BCUT2D eigenvalue weighted by Gasteiger charge is -2.01. The Morgan fingerprint density at radius 3 is 2.25 bits per heavy atom. The average molecular weight is 220 g/mol. The third kappa shape index (κ3) is 3.80. The van der Waals surface area contributed by atoms with Gasteiger partial charge in [-0.3, -0.25) is 0 Å². The molecule has 2 nitrogen and oxygen atoms in total. The van der Waals surface area contributed by atoms with Crippen LogP contribution < -0.4 is 0 Å². The Bertz CT molecular complexity index is 338. The van der Waals surface area contributed by atoms with Gasteiger partial charge in [-0.1, -0.05) is 35.9 Å². The number of hydrogen-bond acceptors (Lipinski definition) is 2. The van der Waals surface area contributed by atoms with Gasteiger partial charge in [0.05, 0.1) is 6.10 Å². The van der Waals surface area contributed by atoms with E-state index in [-0.39, 0.29) is 12.7 Å². The minimum absolute atomic E-state index is 0.226. The van der Waals surface area contributed by atoms with Gasteiger partial charge in [0.25, 0.3) is 0 Å². The van der Waals surface area contributed by atoms with Gasteiger partial charge in [-0.2, -0.15) is 0 Å². The number of allylic oxidation sites excluding steroid dienone is 1. The second-order valence-electron chi connectivity index (χ2n) is 3.98. The molecule has 1 aromatic rings. The summed E-state index contributed by atoms with van der Waals surface area (Å²) in [6.07, 6.45) is 3.62. The highest BCUT2D eigenvalue weighted by Crippen LogP contribution is 2.27. The van der Waals surface area contributed by atoms with Crippen LogP contribution in [0, 0.1) is 6.92 Å². The van der Waals surface area contributed by atoms with Gasteiger partial charge in [0.1, 0.15) is 0 Å². The fraction of sp³-hybridized carbons (Fsp3) is 0.429. The molecule has 1 unspecified atom stereocenters. The molecule has 0 spiro atoms. The van der Waals surface area contributed by atoms with E-state index in [1.54, 1.807) is 6.92 Å². The lowest BCUT2D eigenvalue weighted by atomic mass is 10.0. The monoisotopic (exact) mass is 220 g/mol. The van der Waals surface area contributed by atoms with E-state index in [4.69, 9.17) is 5.11 Å². The minimum Gasteiger partial charge on any atom is -0.397 e. The largest absolute Gasteiger partial charge is 0.397 e. The molecule has 0 saturated heterocycles. The molecule has 1 aliphatic carbocycles. The van der Waals surface area contributed by atoms with Crippen molar-refractivity contribution in [3.63, 3.8) is 0 Å². The normalized spacial score (nSPS) is 18.8. The van der Waals surface area contributed by atoms with Crippen LogP contribution in [0.3, 0.4) is 0 Å². The van der Waals surface area contributed by atoms with Gasteiger partial charge in [-0.15, -0.1) is 0 Å². The van der Waals surface area contributed by atoms with Crippen molar-refractivity contribution < 1.29 is 10.2 Å². The molecular weight excluding hydrogens is 200 g/mol. The Hall–Kier alpha value is -1.12. The van der Waals surface area contributed by atoms with E-state index in [0.29, 0.717) is 0 Å². The maximum absolute atomic E-state index is 9.34. The van der Waals surface area contributed by atoms with Gasteiger partial charge in [0, 0.05) is 6.61 Å². The van der Waals surface area contributed by atoms with Crippen LogP contribution in [0.1, 0.15) is 30.9 Å². The van der Waals surface area contributed by atoms with Gasteiger partial charge < -0.3 is 10.2 Å². The molecule has 16 heavy (non-hydrogen) atoms. The van der Waals surface area contributed by atoms with Crippen LogP contribution in [0.2, 0.25) is 0 Å². The summed E-state index contributed by atoms with van der Waals surface area (Å²) in [5.41, 5.74) is 3.82. The first kappa shape index (κ1) is 12.9. The van der Waals surface area contributed by atoms with Crippen LogP contribution in [-0.4, -0.2) is 22.9 Å². The van der Waals surface area contributed by atoms with E-state index in [0.717, 1.165) is 12.8 Å². The van der Waals surface area contributed by atoms with E-state index < -0.39 is 0 Å². The summed E-state index contributed by atoms with van der Waals surface area (Å²) in [6.45, 7) is 4.02. The minimum atomic E-state index is -0.226. The Balaban J connectivity index is 0.000000386. The molecular formula is C14H20O2. The van der Waals surface area contributed by atoms with E-state index in [2.05, 4.69) is 31.2 Å². The molecule has 1 atom stereocenters. The van der Waals surface area contributed by atoms with Crippen molar-refractivity contribution in [3.8, 4) is 0 Å². The number of aryl methyl sites for hydroxylation is 1. The van der Waals surface area contributed by atoms with Crippen molar-refractivity contribution in [2.75, 3.05) is 6.61 Å². The predicted octanol–water partition coefficient (Wildman–Crippen LogP) is 2.53. The Morgan fingerprint density at radius 2 is 1.81 bits per heavy atom. The predicted molar refractivity (Wildman–Crippen MR) is 67.2 cm³/mol. The zero-order valence-corrected chi connectivity index (χ0v) is 9.98. The molecule has 1 aromatic carbocycles. The fourth-order valence-electron chi connectivity index (χ4n) is 1.71. The van der Waals surface area contributed by atoms with E-state index in [1.165, 1.54) is 16.7 Å². The van der Waals surface area contributed by atoms with Crippen LogP contribution in [-0.2, 0) is 0 Å². The number of aliphatic hydroxyl groups excluding tert-OH is 2. The average Bonchev–Trinajstić information content (AvgIpc) is 2.67. The first-order valence-electron chi connectivity index (χ1n) is 5.74. The molecule has 0 radical (unpaired) electrons. The molecule has 88 valence electrons. The first-order chi connectivity index (χ1) is 7.67. The van der Waals surface area contributed by atoms with Crippen molar-refractivity contribution in [3.05, 3.63) is 41.5 Å². The van der Waals surface area contributed by atoms with Crippen molar-refractivity contribution in [1.29, 1.82) is 0 Å². The van der Waals surface area contributed by atoms with Crippen molar-refractivity contribution in [2.24, 2.45) is 0 Å². The maximum Gasteiger partial charge on any atom is 0.0730 e. The van der Waals surface area contributed by atoms with Crippen LogP contribution in [0.15, 0.2) is 30.3 Å². The molecule has 0 aromatic heterocycles. The molecule has 0 aliphatic heterocycles. The number of hydrogen-bond donors (Lipinski definition) is 2. The third-order valence-electron chi connectivity index (χ3n) is 2.53. The standard InChI is InChI=1S/C12H14O.C2H6O/c1-9-2-4-10(5-3-9)11-6-7-12(13)8-11;1-2-3/h2-5,8,12-13H,6-7H2,1H3;3H,2H2,1H3. The maximum atomic E-state index is 9.34. The highest BCUT2D eigenvalue weighted by Gasteiger charge is 2.13. The molecule has 2 N–H and O–H groups in total. The van der Waals surface area contributed by atoms with E-state index >= 15 is 0 Å². The molecule has 2 heteroatoms. The summed E-state index contributed by atoms with van der Waals surface area (Å²) >= 11 is 0. The number of benzene rings is 1. The summed E-state index contributed by atoms with van der Waals surface area (Å²) in [6, 6.07) is 8.47. The third-order valence-corrected chi connectivity index (χ3v) is 2.53. The Morgan fingerprint density at radius 1 is 1.25 bits per heavy atom. The molecule has 2 rings (SSSR count). The summed E-state index contributed by atoms with van der Waals surface area (Å²) in [7, 11) is 0.